The number of aromatic nitrogens is 1. The van der Waals surface area contributed by atoms with Gasteiger partial charge in [0.05, 0.1) is 21.8 Å². The minimum atomic E-state index is -0.464. The van der Waals surface area contributed by atoms with E-state index >= 15 is 0 Å². The molecule has 0 radical (unpaired) electrons. The van der Waals surface area contributed by atoms with Gasteiger partial charge < -0.3 is 10.1 Å². The predicted molar refractivity (Wildman–Crippen MR) is 94.0 cm³/mol. The number of fused-ring (bicyclic) bond motifs is 1. The van der Waals surface area contributed by atoms with Crippen molar-refractivity contribution in [2.24, 2.45) is 0 Å². The Balaban J connectivity index is 1.59. The summed E-state index contributed by atoms with van der Waals surface area (Å²) in [6.07, 6.45) is -0.216. The molecule has 0 saturated carbocycles. The van der Waals surface area contributed by atoms with E-state index in [0.717, 1.165) is 15.2 Å². The Morgan fingerprint density at radius 2 is 1.92 bits per heavy atom. The first kappa shape index (κ1) is 16.6. The Kier molecular flexibility index (Phi) is 5.02. The average Bonchev–Trinajstić information content (AvgIpc) is 3.03. The molecule has 0 aliphatic heterocycles. The van der Waals surface area contributed by atoms with E-state index in [1.807, 2.05) is 24.3 Å². The molecule has 0 bridgehead atoms. The Hall–Kier alpha value is -3.24. The van der Waals surface area contributed by atoms with Gasteiger partial charge in [-0.3, -0.25) is 4.79 Å². The van der Waals surface area contributed by atoms with Crippen LogP contribution in [0.2, 0.25) is 0 Å². The highest BCUT2D eigenvalue weighted by Gasteiger charge is 2.10. The summed E-state index contributed by atoms with van der Waals surface area (Å²) in [5.41, 5.74) is 1.78. The molecule has 1 heterocycles. The number of carbonyl (C=O) groups excluding carboxylic acids is 2. The molecule has 0 fully saturated rings. The lowest BCUT2D eigenvalue weighted by atomic mass is 10.2. The van der Waals surface area contributed by atoms with Crippen molar-refractivity contribution in [3.8, 4) is 6.07 Å². The second-order valence-corrected chi connectivity index (χ2v) is 6.23. The highest BCUT2D eigenvalue weighted by atomic mass is 32.1. The van der Waals surface area contributed by atoms with Crippen LogP contribution in [-0.2, 0) is 16.1 Å². The number of para-hydroxylation sites is 1. The molecular weight excluding hydrogens is 338 g/mol. The molecule has 1 N–H and O–H groups in total. The number of amides is 1. The number of benzene rings is 2. The van der Waals surface area contributed by atoms with E-state index in [1.165, 1.54) is 11.3 Å². The second-order valence-electron chi connectivity index (χ2n) is 5.11. The van der Waals surface area contributed by atoms with Crippen LogP contribution in [0.1, 0.15) is 21.8 Å². The van der Waals surface area contributed by atoms with Crippen LogP contribution in [0.5, 0.6) is 0 Å². The molecule has 0 aliphatic rings. The topological polar surface area (TPSA) is 92.1 Å². The third kappa shape index (κ3) is 4.19. The van der Waals surface area contributed by atoms with E-state index in [1.54, 1.807) is 30.3 Å². The fourth-order valence-electron chi connectivity index (χ4n) is 2.16. The monoisotopic (exact) mass is 351 g/mol. The summed E-state index contributed by atoms with van der Waals surface area (Å²) >= 11 is 1.49. The lowest BCUT2D eigenvalue weighted by Gasteiger charge is -2.05. The number of thiazole rings is 1. The second kappa shape index (κ2) is 7.55. The largest absolute Gasteiger partial charge is 0.455 e. The van der Waals surface area contributed by atoms with Gasteiger partial charge in [0.2, 0.25) is 5.91 Å². The fraction of sp³-hybridized carbons (Fsp3) is 0.111. The smallest absolute Gasteiger partial charge is 0.338 e. The number of rotatable bonds is 5. The molecule has 124 valence electrons. The maximum Gasteiger partial charge on any atom is 0.338 e. The molecule has 1 aromatic heterocycles. The van der Waals surface area contributed by atoms with E-state index < -0.39 is 11.9 Å². The predicted octanol–water partition coefficient (Wildman–Crippen LogP) is 3.51. The molecule has 0 saturated heterocycles. The summed E-state index contributed by atoms with van der Waals surface area (Å²) in [6, 6.07) is 15.8. The molecule has 0 spiro atoms. The number of hydrogen-bond donors (Lipinski definition) is 1. The van der Waals surface area contributed by atoms with Crippen molar-refractivity contribution in [3.63, 3.8) is 0 Å². The lowest BCUT2D eigenvalue weighted by molar-refractivity contribution is -0.115. The van der Waals surface area contributed by atoms with Crippen LogP contribution in [-0.4, -0.2) is 16.9 Å². The van der Waals surface area contributed by atoms with E-state index in [9.17, 15) is 9.59 Å². The molecular formula is C18H13N3O3S. The molecule has 0 atom stereocenters. The Bertz CT molecular complexity index is 925. The third-order valence-corrected chi connectivity index (χ3v) is 4.32. The van der Waals surface area contributed by atoms with Crippen LogP contribution in [0, 0.1) is 11.3 Å². The first-order valence-corrected chi connectivity index (χ1v) is 8.26. The zero-order valence-corrected chi connectivity index (χ0v) is 13.9. The van der Waals surface area contributed by atoms with E-state index in [2.05, 4.69) is 10.3 Å². The number of anilines is 1. The molecule has 7 heteroatoms. The maximum absolute atomic E-state index is 12.1. The van der Waals surface area contributed by atoms with Gasteiger partial charge >= 0.3 is 5.97 Å². The number of nitriles is 1. The Morgan fingerprint density at radius 3 is 2.64 bits per heavy atom. The molecule has 3 rings (SSSR count). The van der Waals surface area contributed by atoms with Crippen molar-refractivity contribution in [1.29, 1.82) is 5.26 Å². The molecule has 2 aromatic carbocycles. The van der Waals surface area contributed by atoms with Crippen LogP contribution in [0.3, 0.4) is 0 Å². The third-order valence-electron chi connectivity index (χ3n) is 3.31. The van der Waals surface area contributed by atoms with Gasteiger partial charge in [0.15, 0.2) is 0 Å². The van der Waals surface area contributed by atoms with Crippen LogP contribution >= 0.6 is 11.3 Å². The van der Waals surface area contributed by atoms with E-state index in [-0.39, 0.29) is 13.0 Å². The van der Waals surface area contributed by atoms with Gasteiger partial charge in [0.25, 0.3) is 0 Å². The number of carbonyl (C=O) groups is 2. The summed E-state index contributed by atoms with van der Waals surface area (Å²) in [5.74, 6) is -0.859. The normalized spacial score (nSPS) is 10.2. The highest BCUT2D eigenvalue weighted by Crippen LogP contribution is 2.22. The average molecular weight is 351 g/mol. The lowest BCUT2D eigenvalue weighted by Crippen LogP contribution is -2.10. The molecule has 25 heavy (non-hydrogen) atoms. The zero-order chi connectivity index (χ0) is 17.6. The van der Waals surface area contributed by atoms with Gasteiger partial charge in [-0.05, 0) is 36.4 Å². The summed E-state index contributed by atoms with van der Waals surface area (Å²) in [7, 11) is 0. The molecule has 1 amide bonds. The van der Waals surface area contributed by atoms with Crippen LogP contribution in [0.15, 0.2) is 48.5 Å². The number of nitrogens with one attached hydrogen (secondary N) is 1. The Labute approximate surface area is 147 Å². The SMILES string of the molecule is N#CCC(=O)Nc1ccc(C(=O)OCc2nc3ccccc3s2)cc1. The van der Waals surface area contributed by atoms with Crippen molar-refractivity contribution in [3.05, 3.63) is 59.1 Å². The van der Waals surface area contributed by atoms with Gasteiger partial charge in [-0.15, -0.1) is 11.3 Å². The minimum absolute atomic E-state index is 0.110. The first-order valence-electron chi connectivity index (χ1n) is 7.44. The van der Waals surface area contributed by atoms with Gasteiger partial charge in [0, 0.05) is 5.69 Å². The zero-order valence-electron chi connectivity index (χ0n) is 13.1. The molecule has 0 unspecified atom stereocenters. The van der Waals surface area contributed by atoms with Crippen LogP contribution < -0.4 is 5.32 Å². The molecule has 3 aromatic rings. The van der Waals surface area contributed by atoms with Crippen LogP contribution in [0.25, 0.3) is 10.2 Å². The first-order chi connectivity index (χ1) is 12.2. The number of ether oxygens (including phenoxy) is 1. The van der Waals surface area contributed by atoms with Gasteiger partial charge in [0.1, 0.15) is 18.0 Å². The van der Waals surface area contributed by atoms with Gasteiger partial charge in [-0.2, -0.15) is 5.26 Å². The van der Waals surface area contributed by atoms with Crippen molar-refractivity contribution >= 4 is 39.1 Å². The minimum Gasteiger partial charge on any atom is -0.455 e. The van der Waals surface area contributed by atoms with Crippen molar-refractivity contribution in [2.45, 2.75) is 13.0 Å². The number of nitrogens with zero attached hydrogens (tertiary/aromatic N) is 2. The van der Waals surface area contributed by atoms with Gasteiger partial charge in [-0.25, -0.2) is 9.78 Å². The standard InChI is InChI=1S/C18H13N3O3S/c19-10-9-16(22)20-13-7-5-12(6-8-13)18(23)24-11-17-21-14-3-1-2-4-15(14)25-17/h1-8H,9,11H2,(H,20,22). The number of esters is 1. The Morgan fingerprint density at radius 1 is 1.16 bits per heavy atom. The molecule has 6 nitrogen and oxygen atoms in total. The molecule has 0 aliphatic carbocycles. The maximum atomic E-state index is 12.1. The van der Waals surface area contributed by atoms with Crippen molar-refractivity contribution < 1.29 is 14.3 Å². The van der Waals surface area contributed by atoms with Crippen molar-refractivity contribution in [2.75, 3.05) is 5.32 Å². The quantitative estimate of drug-likeness (QED) is 0.710. The summed E-state index contributed by atoms with van der Waals surface area (Å²) < 4.78 is 6.33. The van der Waals surface area contributed by atoms with Gasteiger partial charge in [-0.1, -0.05) is 12.1 Å². The van der Waals surface area contributed by atoms with E-state index in [0.29, 0.717) is 11.3 Å². The summed E-state index contributed by atoms with van der Waals surface area (Å²) in [5, 5.41) is 11.7. The highest BCUT2D eigenvalue weighted by molar-refractivity contribution is 7.18. The van der Waals surface area contributed by atoms with Crippen molar-refractivity contribution in [1.82, 2.24) is 4.98 Å². The van der Waals surface area contributed by atoms with Crippen LogP contribution in [0.4, 0.5) is 5.69 Å². The van der Waals surface area contributed by atoms with E-state index in [4.69, 9.17) is 10.00 Å². The summed E-state index contributed by atoms with van der Waals surface area (Å²) in [4.78, 5) is 27.8. The fourth-order valence-corrected chi connectivity index (χ4v) is 3.04. The number of hydrogen-bond acceptors (Lipinski definition) is 6. The summed E-state index contributed by atoms with van der Waals surface area (Å²) in [6.45, 7) is 0.110.